The summed E-state index contributed by atoms with van der Waals surface area (Å²) in [6.07, 6.45) is 9.55. The van der Waals surface area contributed by atoms with Gasteiger partial charge < -0.3 is 0 Å². The molecule has 2 atom stereocenters. The number of rotatable bonds is 2. The zero-order valence-electron chi connectivity index (χ0n) is 11.6. The van der Waals surface area contributed by atoms with E-state index in [0.717, 1.165) is 24.0 Å². The van der Waals surface area contributed by atoms with E-state index in [4.69, 9.17) is 0 Å². The Hall–Kier alpha value is -1.63. The summed E-state index contributed by atoms with van der Waals surface area (Å²) in [4.78, 5) is 12.4. The van der Waals surface area contributed by atoms with Crippen molar-refractivity contribution < 1.29 is 4.79 Å². The molecule has 0 saturated heterocycles. The number of allylic oxidation sites excluding steroid dienone is 2. The second-order valence-electron chi connectivity index (χ2n) is 6.10. The highest BCUT2D eigenvalue weighted by Gasteiger charge is 2.51. The van der Waals surface area contributed by atoms with Crippen LogP contribution in [-0.2, 0) is 4.79 Å². The summed E-state index contributed by atoms with van der Waals surface area (Å²) >= 11 is 0. The fourth-order valence-electron chi connectivity index (χ4n) is 3.51. The topological polar surface area (TPSA) is 17.1 Å². The minimum absolute atomic E-state index is 0.0542. The van der Waals surface area contributed by atoms with Crippen molar-refractivity contribution >= 4 is 17.9 Å². The van der Waals surface area contributed by atoms with Crippen LogP contribution >= 0.6 is 0 Å². The van der Waals surface area contributed by atoms with E-state index in [1.165, 1.54) is 12.0 Å². The molecule has 0 N–H and O–H groups in total. The number of Topliss-reactive ketones (excluding diaryl/α,β-unsaturated/α-hetero) is 1. The molecule has 1 aromatic carbocycles. The molecule has 2 unspecified atom stereocenters. The fourth-order valence-corrected chi connectivity index (χ4v) is 3.51. The molecule has 0 heterocycles. The molecule has 2 aliphatic carbocycles. The lowest BCUT2D eigenvalue weighted by atomic mass is 9.83. The molecule has 0 aliphatic heterocycles. The Labute approximate surface area is 115 Å². The predicted molar refractivity (Wildman–Crippen MR) is 79.6 cm³/mol. The number of hydrogen-bond acceptors (Lipinski definition) is 1. The van der Waals surface area contributed by atoms with Crippen LogP contribution in [0.1, 0.15) is 44.2 Å². The quantitative estimate of drug-likeness (QED) is 0.709. The molecule has 0 spiro atoms. The van der Waals surface area contributed by atoms with Crippen molar-refractivity contribution in [1.82, 2.24) is 0 Å². The first kappa shape index (κ1) is 12.4. The maximum Gasteiger partial charge on any atom is 0.165 e. The summed E-state index contributed by atoms with van der Waals surface area (Å²) in [6, 6.07) is 8.41. The summed E-state index contributed by atoms with van der Waals surface area (Å²) < 4.78 is 0. The third kappa shape index (κ3) is 2.07. The Bertz CT molecular complexity index is 562. The fraction of sp³-hybridized carbons (Fsp3) is 0.389. The van der Waals surface area contributed by atoms with E-state index < -0.39 is 0 Å². The number of carbonyl (C=O) groups is 1. The molecule has 3 rings (SSSR count). The Morgan fingerprint density at radius 2 is 1.89 bits per heavy atom. The van der Waals surface area contributed by atoms with Gasteiger partial charge in [0.2, 0.25) is 0 Å². The van der Waals surface area contributed by atoms with Crippen molar-refractivity contribution in [2.45, 2.75) is 33.1 Å². The van der Waals surface area contributed by atoms with E-state index in [-0.39, 0.29) is 5.41 Å². The molecule has 1 heteroatoms. The summed E-state index contributed by atoms with van der Waals surface area (Å²) in [5, 5.41) is 0. The molecule has 0 aromatic heterocycles. The van der Waals surface area contributed by atoms with Crippen LogP contribution in [0.15, 0.2) is 35.9 Å². The van der Waals surface area contributed by atoms with Gasteiger partial charge in [0.05, 0.1) is 0 Å². The Morgan fingerprint density at radius 1 is 1.21 bits per heavy atom. The largest absolute Gasteiger partial charge is 0.294 e. The molecule has 2 saturated carbocycles. The van der Waals surface area contributed by atoms with Crippen molar-refractivity contribution in [1.29, 1.82) is 0 Å². The van der Waals surface area contributed by atoms with Gasteiger partial charge in [-0.1, -0.05) is 43.3 Å². The van der Waals surface area contributed by atoms with Gasteiger partial charge in [-0.2, -0.15) is 0 Å². The van der Waals surface area contributed by atoms with Gasteiger partial charge in [-0.3, -0.25) is 4.79 Å². The second kappa shape index (κ2) is 4.48. The Morgan fingerprint density at radius 3 is 2.47 bits per heavy atom. The third-order valence-electron chi connectivity index (χ3n) is 4.61. The number of fused-ring (bicyclic) bond motifs is 2. The number of ketones is 1. The van der Waals surface area contributed by atoms with E-state index in [9.17, 15) is 4.79 Å². The van der Waals surface area contributed by atoms with Crippen molar-refractivity contribution in [2.75, 3.05) is 0 Å². The van der Waals surface area contributed by atoms with Gasteiger partial charge in [-0.05, 0) is 54.9 Å². The van der Waals surface area contributed by atoms with Gasteiger partial charge in [-0.15, -0.1) is 0 Å². The summed E-state index contributed by atoms with van der Waals surface area (Å²) in [5.74, 6) is 0.897. The van der Waals surface area contributed by atoms with Crippen LogP contribution in [0, 0.1) is 11.3 Å². The molecule has 98 valence electrons. The Kier molecular flexibility index (Phi) is 2.93. The lowest BCUT2D eigenvalue weighted by molar-refractivity contribution is -0.122. The monoisotopic (exact) mass is 252 g/mol. The van der Waals surface area contributed by atoms with Crippen molar-refractivity contribution in [3.05, 3.63) is 47.0 Å². The van der Waals surface area contributed by atoms with Gasteiger partial charge >= 0.3 is 0 Å². The average Bonchev–Trinajstić information content (AvgIpc) is 2.89. The molecule has 1 nitrogen and oxygen atoms in total. The maximum absolute atomic E-state index is 12.4. The summed E-state index contributed by atoms with van der Waals surface area (Å²) in [7, 11) is 0. The average molecular weight is 252 g/mol. The van der Waals surface area contributed by atoms with Crippen molar-refractivity contribution in [3.8, 4) is 0 Å². The molecule has 2 bridgehead atoms. The normalized spacial score (nSPS) is 31.8. The second-order valence-corrected chi connectivity index (χ2v) is 6.10. The Balaban J connectivity index is 1.88. The van der Waals surface area contributed by atoms with Crippen LogP contribution in [0.2, 0.25) is 0 Å². The van der Waals surface area contributed by atoms with Crippen LogP contribution in [-0.4, -0.2) is 5.78 Å². The number of benzene rings is 1. The first-order chi connectivity index (χ1) is 9.12. The van der Waals surface area contributed by atoms with Gasteiger partial charge in [0, 0.05) is 5.41 Å². The summed E-state index contributed by atoms with van der Waals surface area (Å²) in [6.45, 7) is 4.15. The third-order valence-corrected chi connectivity index (χ3v) is 4.61. The molecular weight excluding hydrogens is 232 g/mol. The lowest BCUT2D eigenvalue weighted by Gasteiger charge is -2.20. The maximum atomic E-state index is 12.4. The number of hydrogen-bond donors (Lipinski definition) is 0. The van der Waals surface area contributed by atoms with Crippen molar-refractivity contribution in [3.63, 3.8) is 0 Å². The van der Waals surface area contributed by atoms with Crippen molar-refractivity contribution in [2.24, 2.45) is 11.3 Å². The van der Waals surface area contributed by atoms with Gasteiger partial charge in [0.15, 0.2) is 5.78 Å². The van der Waals surface area contributed by atoms with Gasteiger partial charge in [0.25, 0.3) is 0 Å². The highest BCUT2D eigenvalue weighted by molar-refractivity contribution is 6.06. The minimum Gasteiger partial charge on any atom is -0.294 e. The molecule has 0 amide bonds. The molecule has 1 aromatic rings. The van der Waals surface area contributed by atoms with Crippen LogP contribution < -0.4 is 0 Å². The zero-order valence-corrected chi connectivity index (χ0v) is 11.6. The molecule has 0 radical (unpaired) electrons. The van der Waals surface area contributed by atoms with Gasteiger partial charge in [-0.25, -0.2) is 0 Å². The van der Waals surface area contributed by atoms with E-state index in [1.807, 2.05) is 13.0 Å². The van der Waals surface area contributed by atoms with Crippen LogP contribution in [0.4, 0.5) is 0 Å². The smallest absolute Gasteiger partial charge is 0.165 e. The SMILES string of the molecule is C/C=C\c1ccc(/C=C2/C(=O)C3(C)CCC2C3)cc1. The predicted octanol–water partition coefficient (Wildman–Crippen LogP) is 4.49. The molecular formula is C18H20O. The summed E-state index contributed by atoms with van der Waals surface area (Å²) in [5.41, 5.74) is 3.36. The van der Waals surface area contributed by atoms with E-state index in [0.29, 0.717) is 11.7 Å². The number of carbonyl (C=O) groups excluding carboxylic acids is 1. The van der Waals surface area contributed by atoms with E-state index in [2.05, 4.69) is 43.3 Å². The van der Waals surface area contributed by atoms with E-state index in [1.54, 1.807) is 0 Å². The van der Waals surface area contributed by atoms with Crippen LogP contribution in [0.25, 0.3) is 12.2 Å². The minimum atomic E-state index is -0.0542. The highest BCUT2D eigenvalue weighted by atomic mass is 16.1. The standard InChI is InChI=1S/C18H20O/c1-3-4-13-5-7-14(8-6-13)11-16-15-9-10-18(2,12-15)17(16)19/h3-8,11,15H,9-10,12H2,1-2H3/b4-3-,16-11+. The highest BCUT2D eigenvalue weighted by Crippen LogP contribution is 2.54. The first-order valence-electron chi connectivity index (χ1n) is 7.11. The van der Waals surface area contributed by atoms with Crippen LogP contribution in [0.5, 0.6) is 0 Å². The molecule has 2 fully saturated rings. The molecule has 19 heavy (non-hydrogen) atoms. The lowest BCUT2D eigenvalue weighted by Crippen LogP contribution is -2.22. The van der Waals surface area contributed by atoms with Crippen LogP contribution in [0.3, 0.4) is 0 Å². The van der Waals surface area contributed by atoms with E-state index >= 15 is 0 Å². The molecule has 2 aliphatic rings. The van der Waals surface area contributed by atoms with Gasteiger partial charge in [0.1, 0.15) is 0 Å². The zero-order chi connectivity index (χ0) is 13.5. The first-order valence-corrected chi connectivity index (χ1v) is 7.11.